The maximum absolute atomic E-state index is 6.08. The van der Waals surface area contributed by atoms with Gasteiger partial charge in [-0.1, -0.05) is 41.9 Å². The molecule has 0 amide bonds. The van der Waals surface area contributed by atoms with Gasteiger partial charge in [-0.3, -0.25) is 4.90 Å². The van der Waals surface area contributed by atoms with Gasteiger partial charge in [0.1, 0.15) is 5.82 Å². The number of likely N-dealkylation sites (tertiary alicyclic amines) is 1. The van der Waals surface area contributed by atoms with Gasteiger partial charge in [0.15, 0.2) is 0 Å². The van der Waals surface area contributed by atoms with E-state index in [0.29, 0.717) is 5.92 Å². The quantitative estimate of drug-likeness (QED) is 0.687. The van der Waals surface area contributed by atoms with E-state index < -0.39 is 0 Å². The van der Waals surface area contributed by atoms with Gasteiger partial charge in [0.05, 0.1) is 11.4 Å². The minimum Gasteiger partial charge on any atom is -0.369 e. The van der Waals surface area contributed by atoms with Crippen LogP contribution in [0, 0.1) is 0 Å². The van der Waals surface area contributed by atoms with Gasteiger partial charge in [-0.2, -0.15) is 5.10 Å². The summed E-state index contributed by atoms with van der Waals surface area (Å²) < 4.78 is 2.07. The summed E-state index contributed by atoms with van der Waals surface area (Å²) in [6.45, 7) is 4.27. The molecule has 3 heterocycles. The monoisotopic (exact) mass is 392 g/mol. The van der Waals surface area contributed by atoms with E-state index in [1.807, 2.05) is 24.3 Å². The Morgan fingerprint density at radius 2 is 1.89 bits per heavy atom. The average Bonchev–Trinajstić information content (AvgIpc) is 3.33. The van der Waals surface area contributed by atoms with Crippen LogP contribution >= 0.6 is 11.6 Å². The third-order valence-corrected chi connectivity index (χ3v) is 6.15. The summed E-state index contributed by atoms with van der Waals surface area (Å²) in [6, 6.07) is 18.7. The maximum atomic E-state index is 6.08. The Hall–Kier alpha value is -2.30. The van der Waals surface area contributed by atoms with Gasteiger partial charge in [-0.25, -0.2) is 4.68 Å². The van der Waals surface area contributed by atoms with Crippen LogP contribution in [0.3, 0.4) is 0 Å². The second-order valence-electron chi connectivity index (χ2n) is 7.84. The molecule has 2 aromatic carbocycles. The largest absolute Gasteiger partial charge is 0.369 e. The molecule has 0 saturated carbocycles. The Labute approximate surface area is 171 Å². The number of nitrogens with zero attached hydrogens (tertiary/aromatic N) is 3. The number of benzene rings is 2. The lowest BCUT2D eigenvalue weighted by atomic mass is 9.91. The third kappa shape index (κ3) is 3.43. The number of anilines is 1. The molecule has 2 aliphatic heterocycles. The van der Waals surface area contributed by atoms with E-state index in [2.05, 4.69) is 45.2 Å². The molecule has 0 aliphatic carbocycles. The van der Waals surface area contributed by atoms with Crippen LogP contribution in [-0.4, -0.2) is 34.3 Å². The average molecular weight is 393 g/mol. The second-order valence-corrected chi connectivity index (χ2v) is 8.27. The molecule has 0 bridgehead atoms. The fourth-order valence-corrected chi connectivity index (χ4v) is 4.69. The van der Waals surface area contributed by atoms with Crippen molar-refractivity contribution in [2.24, 2.45) is 0 Å². The van der Waals surface area contributed by atoms with Gasteiger partial charge in [0.2, 0.25) is 0 Å². The lowest BCUT2D eigenvalue weighted by Crippen LogP contribution is -2.34. The molecular weight excluding hydrogens is 368 g/mol. The summed E-state index contributed by atoms with van der Waals surface area (Å²) in [5.74, 6) is 1.66. The highest BCUT2D eigenvalue weighted by molar-refractivity contribution is 6.30. The van der Waals surface area contributed by atoms with Crippen LogP contribution in [0.1, 0.15) is 35.6 Å². The zero-order chi connectivity index (χ0) is 18.9. The van der Waals surface area contributed by atoms with Crippen molar-refractivity contribution in [1.82, 2.24) is 14.7 Å². The van der Waals surface area contributed by atoms with E-state index in [9.17, 15) is 0 Å². The van der Waals surface area contributed by atoms with Gasteiger partial charge in [-0.05, 0) is 55.6 Å². The van der Waals surface area contributed by atoms with Crippen molar-refractivity contribution in [2.45, 2.75) is 31.7 Å². The fraction of sp³-hybridized carbons (Fsp3) is 0.348. The highest BCUT2D eigenvalue weighted by Gasteiger charge is 2.30. The molecule has 4 nitrogen and oxygen atoms in total. The van der Waals surface area contributed by atoms with Crippen molar-refractivity contribution < 1.29 is 0 Å². The molecule has 1 aromatic heterocycles. The molecule has 5 rings (SSSR count). The predicted octanol–water partition coefficient (Wildman–Crippen LogP) is 4.87. The standard InChI is InChI=1S/C23H25ClN4/c24-19-8-10-20(11-9-19)28-23-21(12-13-25-23)22(26-28)18-7-4-14-27(16-18)15-17-5-2-1-3-6-17/h1-3,5-6,8-11,18,25H,4,7,12-16H2. The second kappa shape index (κ2) is 7.61. The molecule has 0 spiro atoms. The van der Waals surface area contributed by atoms with E-state index in [0.717, 1.165) is 42.6 Å². The van der Waals surface area contributed by atoms with Crippen LogP contribution in [-0.2, 0) is 13.0 Å². The Kier molecular flexibility index (Phi) is 4.83. The number of aromatic nitrogens is 2. The van der Waals surface area contributed by atoms with Gasteiger partial charge < -0.3 is 5.32 Å². The summed E-state index contributed by atoms with van der Waals surface area (Å²) in [7, 11) is 0. The highest BCUT2D eigenvalue weighted by Crippen LogP contribution is 2.36. The Morgan fingerprint density at radius 3 is 2.71 bits per heavy atom. The first-order chi connectivity index (χ1) is 13.8. The maximum Gasteiger partial charge on any atom is 0.133 e. The zero-order valence-electron chi connectivity index (χ0n) is 15.9. The Morgan fingerprint density at radius 1 is 1.07 bits per heavy atom. The highest BCUT2D eigenvalue weighted by atomic mass is 35.5. The smallest absolute Gasteiger partial charge is 0.133 e. The molecule has 1 N–H and O–H groups in total. The number of rotatable bonds is 4. The summed E-state index contributed by atoms with van der Waals surface area (Å²) in [4.78, 5) is 2.58. The number of hydrogen-bond acceptors (Lipinski definition) is 3. The molecular formula is C23H25ClN4. The van der Waals surface area contributed by atoms with Crippen LogP contribution < -0.4 is 5.32 Å². The van der Waals surface area contributed by atoms with Crippen molar-refractivity contribution in [3.63, 3.8) is 0 Å². The summed E-state index contributed by atoms with van der Waals surface area (Å²) in [5, 5.41) is 9.38. The molecule has 144 valence electrons. The van der Waals surface area contributed by atoms with E-state index >= 15 is 0 Å². The molecule has 1 unspecified atom stereocenters. The van der Waals surface area contributed by atoms with Crippen LogP contribution in [0.15, 0.2) is 54.6 Å². The molecule has 1 saturated heterocycles. The van der Waals surface area contributed by atoms with Crippen molar-refractivity contribution in [3.8, 4) is 5.69 Å². The van der Waals surface area contributed by atoms with E-state index in [1.54, 1.807) is 0 Å². The molecule has 1 fully saturated rings. The summed E-state index contributed by atoms with van der Waals surface area (Å²) in [5.41, 5.74) is 5.15. The topological polar surface area (TPSA) is 33.1 Å². The van der Waals surface area contributed by atoms with Gasteiger partial charge in [0, 0.05) is 36.1 Å². The zero-order valence-corrected chi connectivity index (χ0v) is 16.7. The van der Waals surface area contributed by atoms with Crippen molar-refractivity contribution in [1.29, 1.82) is 0 Å². The van der Waals surface area contributed by atoms with Crippen molar-refractivity contribution in [2.75, 3.05) is 25.0 Å². The van der Waals surface area contributed by atoms with Crippen LogP contribution in [0.4, 0.5) is 5.82 Å². The van der Waals surface area contributed by atoms with Crippen LogP contribution in [0.25, 0.3) is 5.69 Å². The number of nitrogens with one attached hydrogen (secondary N) is 1. The summed E-state index contributed by atoms with van der Waals surface area (Å²) >= 11 is 6.08. The first-order valence-corrected chi connectivity index (χ1v) is 10.5. The van der Waals surface area contributed by atoms with Crippen molar-refractivity contribution in [3.05, 3.63) is 76.4 Å². The minimum atomic E-state index is 0.500. The predicted molar refractivity (Wildman–Crippen MR) is 114 cm³/mol. The lowest BCUT2D eigenvalue weighted by Gasteiger charge is -2.32. The first-order valence-electron chi connectivity index (χ1n) is 10.2. The Bertz CT molecular complexity index is 949. The number of hydrogen-bond donors (Lipinski definition) is 1. The van der Waals surface area contributed by atoms with Gasteiger partial charge >= 0.3 is 0 Å². The van der Waals surface area contributed by atoms with Crippen LogP contribution in [0.5, 0.6) is 0 Å². The first kappa shape index (κ1) is 17.8. The SMILES string of the molecule is Clc1ccc(-n2nc(C3CCCN(Cc4ccccc4)C3)c3c2NCC3)cc1. The molecule has 2 aliphatic rings. The molecule has 5 heteroatoms. The van der Waals surface area contributed by atoms with Crippen molar-refractivity contribution >= 4 is 17.4 Å². The molecule has 0 radical (unpaired) electrons. The van der Waals surface area contributed by atoms with E-state index in [4.69, 9.17) is 16.7 Å². The van der Waals surface area contributed by atoms with Gasteiger partial charge in [0.25, 0.3) is 0 Å². The number of piperidine rings is 1. The minimum absolute atomic E-state index is 0.500. The molecule has 3 aromatic rings. The molecule has 28 heavy (non-hydrogen) atoms. The van der Waals surface area contributed by atoms with Gasteiger partial charge in [-0.15, -0.1) is 0 Å². The fourth-order valence-electron chi connectivity index (χ4n) is 4.56. The lowest BCUT2D eigenvalue weighted by molar-refractivity contribution is 0.198. The molecule has 1 atom stereocenters. The number of halogens is 1. The summed E-state index contributed by atoms with van der Waals surface area (Å²) in [6.07, 6.45) is 3.51. The normalized spacial score (nSPS) is 19.4. The number of fused-ring (bicyclic) bond motifs is 1. The Balaban J connectivity index is 1.41. The van der Waals surface area contributed by atoms with E-state index in [-0.39, 0.29) is 0 Å². The third-order valence-electron chi connectivity index (χ3n) is 5.89. The van der Waals surface area contributed by atoms with Crippen LogP contribution in [0.2, 0.25) is 5.02 Å². The van der Waals surface area contributed by atoms with E-state index in [1.165, 1.54) is 36.2 Å².